The zero-order valence-electron chi connectivity index (χ0n) is 11.8. The number of anilines is 1. The average molecular weight is 288 g/mol. The van der Waals surface area contributed by atoms with Crippen LogP contribution in [0.2, 0.25) is 0 Å². The first-order chi connectivity index (χ1) is 9.90. The molecule has 0 aliphatic rings. The highest BCUT2D eigenvalue weighted by Crippen LogP contribution is 2.11. The van der Waals surface area contributed by atoms with Gasteiger partial charge >= 0.3 is 5.69 Å². The third-order valence-corrected chi connectivity index (χ3v) is 3.25. The number of carbonyl (C=O) groups excluding carboxylic acids is 1. The predicted octanol–water partition coefficient (Wildman–Crippen LogP) is -0.205. The second kappa shape index (κ2) is 5.66. The van der Waals surface area contributed by atoms with Crippen LogP contribution >= 0.6 is 0 Å². The van der Waals surface area contributed by atoms with Crippen molar-refractivity contribution >= 4 is 11.6 Å². The minimum Gasteiger partial charge on any atom is -0.379 e. The summed E-state index contributed by atoms with van der Waals surface area (Å²) in [7, 11) is 3.02. The van der Waals surface area contributed by atoms with Crippen LogP contribution in [0.4, 0.5) is 5.69 Å². The Labute approximate surface area is 120 Å². The molecule has 1 aromatic carbocycles. The van der Waals surface area contributed by atoms with E-state index in [0.717, 1.165) is 4.57 Å². The zero-order valence-corrected chi connectivity index (χ0v) is 11.8. The number of amides is 1. The van der Waals surface area contributed by atoms with Crippen LogP contribution < -0.4 is 22.3 Å². The van der Waals surface area contributed by atoms with Gasteiger partial charge in [-0.2, -0.15) is 0 Å². The maximum atomic E-state index is 11.8. The molecule has 7 heteroatoms. The molecule has 2 rings (SSSR count). The highest BCUT2D eigenvalue weighted by Gasteiger charge is 2.06. The number of nitrogens with zero attached hydrogens (tertiary/aromatic N) is 2. The third-order valence-electron chi connectivity index (χ3n) is 3.25. The summed E-state index contributed by atoms with van der Waals surface area (Å²) in [5.41, 5.74) is 6.09. The Morgan fingerprint density at radius 3 is 2.57 bits per heavy atom. The lowest BCUT2D eigenvalue weighted by Gasteiger charge is -2.11. The Morgan fingerprint density at radius 1 is 1.19 bits per heavy atom. The number of rotatable bonds is 4. The van der Waals surface area contributed by atoms with Gasteiger partial charge in [-0.05, 0) is 18.2 Å². The normalized spacial score (nSPS) is 10.4. The fraction of sp³-hybridized carbons (Fsp3) is 0.214. The van der Waals surface area contributed by atoms with Gasteiger partial charge in [0, 0.05) is 37.1 Å². The van der Waals surface area contributed by atoms with E-state index in [9.17, 15) is 14.4 Å². The Kier molecular flexibility index (Phi) is 3.93. The van der Waals surface area contributed by atoms with Crippen molar-refractivity contribution < 1.29 is 4.79 Å². The van der Waals surface area contributed by atoms with Gasteiger partial charge in [-0.3, -0.25) is 18.7 Å². The van der Waals surface area contributed by atoms with E-state index < -0.39 is 5.91 Å². The summed E-state index contributed by atoms with van der Waals surface area (Å²) in [5, 5.41) is 3.06. The monoisotopic (exact) mass is 288 g/mol. The molecule has 7 nitrogen and oxygen atoms in total. The van der Waals surface area contributed by atoms with Crippen molar-refractivity contribution in [2.45, 2.75) is 6.54 Å². The van der Waals surface area contributed by atoms with Crippen LogP contribution in [0.5, 0.6) is 0 Å². The topological polar surface area (TPSA) is 99.1 Å². The number of nitrogens with one attached hydrogen (secondary N) is 1. The second-order valence-electron chi connectivity index (χ2n) is 4.67. The van der Waals surface area contributed by atoms with Crippen LogP contribution in [0.25, 0.3) is 0 Å². The van der Waals surface area contributed by atoms with Gasteiger partial charge in [-0.15, -0.1) is 0 Å². The molecule has 0 spiro atoms. The van der Waals surface area contributed by atoms with E-state index in [0.29, 0.717) is 16.9 Å². The molecule has 110 valence electrons. The van der Waals surface area contributed by atoms with Crippen molar-refractivity contribution in [2.75, 3.05) is 5.32 Å². The minimum atomic E-state index is -0.514. The molecule has 1 amide bonds. The number of hydrogen-bond donors (Lipinski definition) is 2. The first kappa shape index (κ1) is 14.6. The van der Waals surface area contributed by atoms with E-state index in [1.54, 1.807) is 31.3 Å². The largest absolute Gasteiger partial charge is 0.379 e. The van der Waals surface area contributed by atoms with E-state index in [2.05, 4.69) is 5.32 Å². The van der Waals surface area contributed by atoms with Crippen LogP contribution in [-0.4, -0.2) is 15.0 Å². The second-order valence-corrected chi connectivity index (χ2v) is 4.67. The number of hydrogen-bond acceptors (Lipinski definition) is 4. The van der Waals surface area contributed by atoms with Crippen molar-refractivity contribution in [3.63, 3.8) is 0 Å². The SMILES string of the molecule is Cn1c(CNc2cccc(C(N)=O)c2)cc(=O)n(C)c1=O. The van der Waals surface area contributed by atoms with E-state index in [-0.39, 0.29) is 17.8 Å². The molecule has 1 heterocycles. The quantitative estimate of drug-likeness (QED) is 0.813. The fourth-order valence-corrected chi connectivity index (χ4v) is 1.92. The van der Waals surface area contributed by atoms with E-state index in [1.165, 1.54) is 17.7 Å². The summed E-state index contributed by atoms with van der Waals surface area (Å²) in [6.45, 7) is 0.282. The van der Waals surface area contributed by atoms with Crippen molar-refractivity contribution in [3.8, 4) is 0 Å². The first-order valence-electron chi connectivity index (χ1n) is 6.30. The Hall–Kier alpha value is -2.83. The minimum absolute atomic E-state index is 0.282. The maximum Gasteiger partial charge on any atom is 0.330 e. The van der Waals surface area contributed by atoms with Crippen LogP contribution in [0, 0.1) is 0 Å². The van der Waals surface area contributed by atoms with Gasteiger partial charge in [0.15, 0.2) is 0 Å². The molecular formula is C14H16N4O3. The van der Waals surface area contributed by atoms with E-state index >= 15 is 0 Å². The molecule has 0 fully saturated rings. The molecular weight excluding hydrogens is 272 g/mol. The van der Waals surface area contributed by atoms with Gasteiger partial charge in [0.2, 0.25) is 5.91 Å². The van der Waals surface area contributed by atoms with Gasteiger partial charge in [-0.25, -0.2) is 4.79 Å². The molecule has 0 aliphatic heterocycles. The smallest absolute Gasteiger partial charge is 0.330 e. The molecule has 1 aromatic heterocycles. The summed E-state index contributed by atoms with van der Waals surface area (Å²) in [5.74, 6) is -0.514. The van der Waals surface area contributed by atoms with Crippen molar-refractivity contribution in [3.05, 3.63) is 62.4 Å². The fourth-order valence-electron chi connectivity index (χ4n) is 1.92. The maximum absolute atomic E-state index is 11.8. The molecule has 0 atom stereocenters. The summed E-state index contributed by atoms with van der Waals surface area (Å²) in [6.07, 6.45) is 0. The lowest BCUT2D eigenvalue weighted by molar-refractivity contribution is 0.100. The van der Waals surface area contributed by atoms with Gasteiger partial charge in [0.1, 0.15) is 0 Å². The molecule has 0 radical (unpaired) electrons. The van der Waals surface area contributed by atoms with Crippen molar-refractivity contribution in [2.24, 2.45) is 19.8 Å². The van der Waals surface area contributed by atoms with Crippen molar-refractivity contribution in [1.29, 1.82) is 0 Å². The molecule has 0 saturated heterocycles. The molecule has 2 aromatic rings. The summed E-state index contributed by atoms with van der Waals surface area (Å²) >= 11 is 0. The molecule has 0 saturated carbocycles. The molecule has 3 N–H and O–H groups in total. The lowest BCUT2D eigenvalue weighted by atomic mass is 10.2. The van der Waals surface area contributed by atoms with E-state index in [4.69, 9.17) is 5.73 Å². The van der Waals surface area contributed by atoms with E-state index in [1.807, 2.05) is 0 Å². The molecule has 0 aliphatic carbocycles. The predicted molar refractivity (Wildman–Crippen MR) is 79.2 cm³/mol. The van der Waals surface area contributed by atoms with Gasteiger partial charge in [-0.1, -0.05) is 6.07 Å². The number of carbonyl (C=O) groups is 1. The molecule has 0 unspecified atom stereocenters. The highest BCUT2D eigenvalue weighted by molar-refractivity contribution is 5.93. The van der Waals surface area contributed by atoms with Crippen LogP contribution in [-0.2, 0) is 20.6 Å². The van der Waals surface area contributed by atoms with Gasteiger partial charge in [0.25, 0.3) is 5.56 Å². The van der Waals surface area contributed by atoms with Crippen molar-refractivity contribution in [1.82, 2.24) is 9.13 Å². The number of benzene rings is 1. The first-order valence-corrected chi connectivity index (χ1v) is 6.30. The Morgan fingerprint density at radius 2 is 1.90 bits per heavy atom. The Bertz CT molecular complexity index is 805. The summed E-state index contributed by atoms with van der Waals surface area (Å²) in [4.78, 5) is 34.5. The molecule has 21 heavy (non-hydrogen) atoms. The number of aromatic nitrogens is 2. The van der Waals surface area contributed by atoms with Crippen LogP contribution in [0.3, 0.4) is 0 Å². The summed E-state index contributed by atoms with van der Waals surface area (Å²) < 4.78 is 2.43. The standard InChI is InChI=1S/C14H16N4O3/c1-17-11(7-12(19)18(2)14(17)21)8-16-10-5-3-4-9(6-10)13(15)20/h3-7,16H,8H2,1-2H3,(H2,15,20). The van der Waals surface area contributed by atoms with Crippen LogP contribution in [0.15, 0.2) is 39.9 Å². The average Bonchev–Trinajstić information content (AvgIpc) is 2.47. The zero-order chi connectivity index (χ0) is 15.6. The third kappa shape index (κ3) is 3.02. The van der Waals surface area contributed by atoms with Gasteiger partial charge < -0.3 is 11.1 Å². The van der Waals surface area contributed by atoms with Gasteiger partial charge in [0.05, 0.1) is 6.54 Å². The lowest BCUT2D eigenvalue weighted by Crippen LogP contribution is -2.38. The number of nitrogens with two attached hydrogens (primary N) is 1. The highest BCUT2D eigenvalue weighted by atomic mass is 16.2. The number of primary amides is 1. The summed E-state index contributed by atoms with van der Waals surface area (Å²) in [6, 6.07) is 8.09. The molecule has 0 bridgehead atoms. The van der Waals surface area contributed by atoms with Crippen LogP contribution in [0.1, 0.15) is 16.1 Å². The Balaban J connectivity index is 2.25.